The second kappa shape index (κ2) is 5.09. The van der Waals surface area contributed by atoms with E-state index in [0.717, 1.165) is 24.4 Å². The molecule has 0 aromatic heterocycles. The summed E-state index contributed by atoms with van der Waals surface area (Å²) in [6.45, 7) is 0.734. The Bertz CT molecular complexity index is 417. The highest BCUT2D eigenvalue weighted by molar-refractivity contribution is 6.35. The van der Waals surface area contributed by atoms with Gasteiger partial charge in [0.1, 0.15) is 5.76 Å². The van der Waals surface area contributed by atoms with Gasteiger partial charge < -0.3 is 10.5 Å². The van der Waals surface area contributed by atoms with Crippen molar-refractivity contribution in [3.05, 3.63) is 45.6 Å². The minimum absolute atomic E-state index is 0.124. The summed E-state index contributed by atoms with van der Waals surface area (Å²) in [6.07, 6.45) is 3.65. The van der Waals surface area contributed by atoms with Crippen LogP contribution < -0.4 is 5.73 Å². The maximum atomic E-state index is 6.08. The van der Waals surface area contributed by atoms with Gasteiger partial charge in [0.15, 0.2) is 0 Å². The van der Waals surface area contributed by atoms with Crippen LogP contribution in [0.3, 0.4) is 0 Å². The maximum absolute atomic E-state index is 6.08. The van der Waals surface area contributed by atoms with Crippen molar-refractivity contribution in [3.63, 3.8) is 0 Å². The van der Waals surface area contributed by atoms with Gasteiger partial charge in [-0.3, -0.25) is 0 Å². The molecule has 1 aliphatic heterocycles. The fourth-order valence-corrected chi connectivity index (χ4v) is 2.21. The van der Waals surface area contributed by atoms with Crippen LogP contribution in [0.2, 0.25) is 10.0 Å². The maximum Gasteiger partial charge on any atom is 0.109 e. The van der Waals surface area contributed by atoms with E-state index < -0.39 is 0 Å². The highest BCUT2D eigenvalue weighted by atomic mass is 35.5. The molecule has 4 heteroatoms. The number of benzene rings is 1. The van der Waals surface area contributed by atoms with Crippen molar-refractivity contribution in [1.29, 1.82) is 0 Å². The van der Waals surface area contributed by atoms with Gasteiger partial charge in [-0.1, -0.05) is 29.3 Å². The van der Waals surface area contributed by atoms with Crippen molar-refractivity contribution in [1.82, 2.24) is 0 Å². The van der Waals surface area contributed by atoms with Crippen molar-refractivity contribution < 1.29 is 4.74 Å². The zero-order chi connectivity index (χ0) is 11.5. The summed E-state index contributed by atoms with van der Waals surface area (Å²) in [7, 11) is 0. The summed E-state index contributed by atoms with van der Waals surface area (Å²) in [5, 5.41) is 1.29. The predicted octanol–water partition coefficient (Wildman–Crippen LogP) is 3.17. The van der Waals surface area contributed by atoms with Gasteiger partial charge in [-0.25, -0.2) is 0 Å². The molecule has 1 aromatic rings. The minimum atomic E-state index is -0.124. The molecule has 0 bridgehead atoms. The first-order valence-corrected chi connectivity index (χ1v) is 5.95. The monoisotopic (exact) mass is 257 g/mol. The summed E-state index contributed by atoms with van der Waals surface area (Å²) >= 11 is 11.9. The van der Waals surface area contributed by atoms with E-state index in [1.165, 1.54) is 0 Å². The van der Waals surface area contributed by atoms with Gasteiger partial charge in [-0.2, -0.15) is 0 Å². The highest BCUT2D eigenvalue weighted by Crippen LogP contribution is 2.24. The molecule has 0 spiro atoms. The molecule has 2 nitrogen and oxygen atoms in total. The van der Waals surface area contributed by atoms with Crippen molar-refractivity contribution in [2.45, 2.75) is 18.9 Å². The Labute approximate surface area is 105 Å². The Kier molecular flexibility index (Phi) is 3.74. The van der Waals surface area contributed by atoms with Crippen molar-refractivity contribution in [2.75, 3.05) is 6.61 Å². The molecule has 0 saturated heterocycles. The number of ether oxygens (including phenoxy) is 1. The van der Waals surface area contributed by atoms with Crippen LogP contribution in [0.1, 0.15) is 12.0 Å². The first-order chi connectivity index (χ1) is 7.66. The fraction of sp³-hybridized carbons (Fsp3) is 0.333. The zero-order valence-corrected chi connectivity index (χ0v) is 10.3. The lowest BCUT2D eigenvalue weighted by molar-refractivity contribution is 0.224. The molecule has 1 atom stereocenters. The van der Waals surface area contributed by atoms with Crippen LogP contribution in [-0.2, 0) is 11.2 Å². The molecule has 1 aliphatic rings. The molecule has 0 aliphatic carbocycles. The van der Waals surface area contributed by atoms with Gasteiger partial charge in [0.2, 0.25) is 0 Å². The summed E-state index contributed by atoms with van der Waals surface area (Å²) < 4.78 is 5.42. The first kappa shape index (κ1) is 11.8. The van der Waals surface area contributed by atoms with Gasteiger partial charge in [0, 0.05) is 16.5 Å². The molecule has 2 rings (SSSR count). The minimum Gasteiger partial charge on any atom is -0.496 e. The topological polar surface area (TPSA) is 35.2 Å². The van der Waals surface area contributed by atoms with Crippen LogP contribution >= 0.6 is 23.2 Å². The molecule has 86 valence electrons. The molecule has 2 N–H and O–H groups in total. The summed E-state index contributed by atoms with van der Waals surface area (Å²) in [5.74, 6) is 0.867. The second-order valence-electron chi connectivity index (χ2n) is 3.79. The van der Waals surface area contributed by atoms with E-state index in [2.05, 4.69) is 0 Å². The molecular formula is C12H13Cl2NO. The number of hydrogen-bond acceptors (Lipinski definition) is 2. The lowest BCUT2D eigenvalue weighted by Gasteiger charge is -2.14. The second-order valence-corrected chi connectivity index (χ2v) is 4.63. The third kappa shape index (κ3) is 2.70. The summed E-state index contributed by atoms with van der Waals surface area (Å²) in [4.78, 5) is 0. The number of nitrogens with two attached hydrogens (primary N) is 1. The van der Waals surface area contributed by atoms with E-state index in [-0.39, 0.29) is 6.04 Å². The molecular weight excluding hydrogens is 245 g/mol. The lowest BCUT2D eigenvalue weighted by atomic mass is 10.0. The smallest absolute Gasteiger partial charge is 0.109 e. The predicted molar refractivity (Wildman–Crippen MR) is 66.8 cm³/mol. The van der Waals surface area contributed by atoms with Crippen molar-refractivity contribution in [3.8, 4) is 0 Å². The Balaban J connectivity index is 2.08. The largest absolute Gasteiger partial charge is 0.496 e. The highest BCUT2D eigenvalue weighted by Gasteiger charge is 2.16. The van der Waals surface area contributed by atoms with Crippen LogP contribution in [0.4, 0.5) is 0 Å². The van der Waals surface area contributed by atoms with Crippen LogP contribution in [-0.4, -0.2) is 12.6 Å². The average Bonchev–Trinajstić information content (AvgIpc) is 2.75. The summed E-state index contributed by atoms with van der Waals surface area (Å²) in [5.41, 5.74) is 7.03. The third-order valence-corrected chi connectivity index (χ3v) is 3.14. The van der Waals surface area contributed by atoms with Crippen LogP contribution in [0.25, 0.3) is 0 Å². The van der Waals surface area contributed by atoms with Crippen molar-refractivity contribution >= 4 is 23.2 Å². The van der Waals surface area contributed by atoms with Crippen LogP contribution in [0, 0.1) is 0 Å². The molecule has 1 aromatic carbocycles. The van der Waals surface area contributed by atoms with E-state index in [1.807, 2.05) is 18.2 Å². The quantitative estimate of drug-likeness (QED) is 0.903. The SMILES string of the molecule is NC(Cc1ccc(Cl)cc1Cl)C1=CCCO1. The number of halogens is 2. The Morgan fingerprint density at radius 2 is 2.19 bits per heavy atom. The molecule has 0 fully saturated rings. The number of rotatable bonds is 3. The number of hydrogen-bond donors (Lipinski definition) is 1. The van der Waals surface area contributed by atoms with Crippen LogP contribution in [0.5, 0.6) is 0 Å². The average molecular weight is 258 g/mol. The standard InChI is InChI=1S/C12H13Cl2NO/c13-9-4-3-8(10(14)7-9)6-11(15)12-2-1-5-16-12/h2-4,7,11H,1,5-6,15H2. The summed E-state index contributed by atoms with van der Waals surface area (Å²) in [6, 6.07) is 5.33. The Morgan fingerprint density at radius 3 is 2.81 bits per heavy atom. The molecule has 1 unspecified atom stereocenters. The van der Waals surface area contributed by atoms with Gasteiger partial charge in [-0.15, -0.1) is 0 Å². The van der Waals surface area contributed by atoms with E-state index in [4.69, 9.17) is 33.7 Å². The molecule has 1 heterocycles. The van der Waals surface area contributed by atoms with E-state index in [9.17, 15) is 0 Å². The Morgan fingerprint density at radius 1 is 1.38 bits per heavy atom. The van der Waals surface area contributed by atoms with E-state index in [0.29, 0.717) is 16.5 Å². The van der Waals surface area contributed by atoms with E-state index >= 15 is 0 Å². The zero-order valence-electron chi connectivity index (χ0n) is 8.75. The molecule has 0 amide bonds. The third-order valence-electron chi connectivity index (χ3n) is 2.55. The lowest BCUT2D eigenvalue weighted by Crippen LogP contribution is -2.25. The van der Waals surface area contributed by atoms with Gasteiger partial charge in [0.05, 0.1) is 12.6 Å². The van der Waals surface area contributed by atoms with Gasteiger partial charge in [-0.05, 0) is 30.2 Å². The van der Waals surface area contributed by atoms with E-state index in [1.54, 1.807) is 6.07 Å². The molecule has 0 saturated carbocycles. The normalized spacial score (nSPS) is 16.8. The molecule has 0 radical (unpaired) electrons. The van der Waals surface area contributed by atoms with Gasteiger partial charge in [0.25, 0.3) is 0 Å². The molecule has 16 heavy (non-hydrogen) atoms. The first-order valence-electron chi connectivity index (χ1n) is 5.19. The van der Waals surface area contributed by atoms with Crippen LogP contribution in [0.15, 0.2) is 30.0 Å². The van der Waals surface area contributed by atoms with Gasteiger partial charge >= 0.3 is 0 Å². The Hall–Kier alpha value is -0.700. The van der Waals surface area contributed by atoms with Crippen molar-refractivity contribution in [2.24, 2.45) is 5.73 Å². The fourth-order valence-electron chi connectivity index (χ4n) is 1.72.